The van der Waals surface area contributed by atoms with Crippen molar-refractivity contribution in [2.75, 3.05) is 15.8 Å². The van der Waals surface area contributed by atoms with E-state index >= 15 is 0 Å². The summed E-state index contributed by atoms with van der Waals surface area (Å²) < 4.78 is 27.4. The van der Waals surface area contributed by atoms with Gasteiger partial charge in [-0.05, 0) is 36.1 Å². The molecule has 0 aliphatic rings. The van der Waals surface area contributed by atoms with Crippen LogP contribution in [0.3, 0.4) is 0 Å². The molecule has 2 aromatic carbocycles. The van der Waals surface area contributed by atoms with Gasteiger partial charge in [0.1, 0.15) is 0 Å². The third-order valence-corrected chi connectivity index (χ3v) is 5.15. The third kappa shape index (κ3) is 5.09. The number of carbonyl (C=O) groups is 1. The van der Waals surface area contributed by atoms with E-state index in [1.807, 2.05) is 44.2 Å². The molecule has 2 N–H and O–H groups in total. The Morgan fingerprint density at radius 1 is 1.12 bits per heavy atom. The molecule has 0 spiro atoms. The lowest BCUT2D eigenvalue weighted by molar-refractivity contribution is -0.114. The molecule has 6 heteroatoms. The van der Waals surface area contributed by atoms with Crippen LogP contribution < -0.4 is 10.0 Å². The molecule has 128 valence electrons. The van der Waals surface area contributed by atoms with Gasteiger partial charge in [0.2, 0.25) is 15.9 Å². The molecule has 0 aliphatic heterocycles. The summed E-state index contributed by atoms with van der Waals surface area (Å²) >= 11 is 0. The van der Waals surface area contributed by atoms with E-state index in [4.69, 9.17) is 0 Å². The minimum absolute atomic E-state index is 0.0135. The number of anilines is 2. The molecule has 5 nitrogen and oxygen atoms in total. The number of hydrogen-bond donors (Lipinski definition) is 2. The van der Waals surface area contributed by atoms with Crippen molar-refractivity contribution in [1.82, 2.24) is 0 Å². The van der Waals surface area contributed by atoms with Crippen LogP contribution in [0.1, 0.15) is 30.9 Å². The smallest absolute Gasteiger partial charge is 0.233 e. The van der Waals surface area contributed by atoms with Crippen LogP contribution in [-0.4, -0.2) is 20.1 Å². The second-order valence-electron chi connectivity index (χ2n) is 5.91. The van der Waals surface area contributed by atoms with E-state index in [0.29, 0.717) is 11.4 Å². The fraction of sp³-hybridized carbons (Fsp3) is 0.278. The van der Waals surface area contributed by atoms with Gasteiger partial charge in [0, 0.05) is 12.6 Å². The van der Waals surface area contributed by atoms with E-state index in [9.17, 15) is 13.2 Å². The molecular weight excluding hydrogens is 324 g/mol. The van der Waals surface area contributed by atoms with Gasteiger partial charge in [-0.2, -0.15) is 0 Å². The summed E-state index contributed by atoms with van der Waals surface area (Å²) in [6.07, 6.45) is 0. The Morgan fingerprint density at radius 2 is 1.79 bits per heavy atom. The van der Waals surface area contributed by atoms with Gasteiger partial charge in [0.05, 0.1) is 11.4 Å². The van der Waals surface area contributed by atoms with Gasteiger partial charge in [0.15, 0.2) is 0 Å². The van der Waals surface area contributed by atoms with Crippen molar-refractivity contribution >= 4 is 27.3 Å². The zero-order chi connectivity index (χ0) is 17.7. The average Bonchev–Trinajstić information content (AvgIpc) is 2.50. The van der Waals surface area contributed by atoms with Crippen LogP contribution >= 0.6 is 0 Å². The molecule has 0 aliphatic carbocycles. The van der Waals surface area contributed by atoms with Gasteiger partial charge < -0.3 is 5.32 Å². The highest BCUT2D eigenvalue weighted by molar-refractivity contribution is 7.92. The SMILES string of the molecule is CC(=O)Nc1cc(NS(=O)(=O)C[C@H](C)c2ccccc2)ccc1C. The highest BCUT2D eigenvalue weighted by atomic mass is 32.2. The largest absolute Gasteiger partial charge is 0.326 e. The van der Waals surface area contributed by atoms with E-state index in [0.717, 1.165) is 11.1 Å². The van der Waals surface area contributed by atoms with E-state index in [1.54, 1.807) is 18.2 Å². The third-order valence-electron chi connectivity index (χ3n) is 3.66. The summed E-state index contributed by atoms with van der Waals surface area (Å²) in [7, 11) is -3.50. The van der Waals surface area contributed by atoms with Gasteiger partial charge in [-0.25, -0.2) is 8.42 Å². The summed E-state index contributed by atoms with van der Waals surface area (Å²) in [4.78, 5) is 11.2. The molecule has 2 aromatic rings. The van der Waals surface area contributed by atoms with Crippen molar-refractivity contribution in [3.05, 3.63) is 59.7 Å². The highest BCUT2D eigenvalue weighted by Crippen LogP contribution is 2.23. The maximum atomic E-state index is 12.4. The first kappa shape index (κ1) is 18.0. The molecule has 0 fully saturated rings. The molecular formula is C18H22N2O3S. The van der Waals surface area contributed by atoms with Crippen LogP contribution in [-0.2, 0) is 14.8 Å². The van der Waals surface area contributed by atoms with E-state index in [2.05, 4.69) is 10.0 Å². The van der Waals surface area contributed by atoms with Gasteiger partial charge in [-0.1, -0.05) is 43.3 Å². The Morgan fingerprint density at radius 3 is 2.42 bits per heavy atom. The normalized spacial score (nSPS) is 12.5. The summed E-state index contributed by atoms with van der Waals surface area (Å²) in [5, 5.41) is 2.69. The first-order valence-electron chi connectivity index (χ1n) is 7.70. The minimum atomic E-state index is -3.50. The predicted molar refractivity (Wildman–Crippen MR) is 97.7 cm³/mol. The topological polar surface area (TPSA) is 75.3 Å². The van der Waals surface area contributed by atoms with Crippen molar-refractivity contribution in [3.8, 4) is 0 Å². The van der Waals surface area contributed by atoms with E-state index < -0.39 is 10.0 Å². The quantitative estimate of drug-likeness (QED) is 0.840. The second kappa shape index (κ2) is 7.49. The Bertz CT molecular complexity index is 817. The number of nitrogens with one attached hydrogen (secondary N) is 2. The number of rotatable bonds is 6. The predicted octanol–water partition coefficient (Wildman–Crippen LogP) is 3.50. The second-order valence-corrected chi connectivity index (χ2v) is 7.67. The van der Waals surface area contributed by atoms with Gasteiger partial charge >= 0.3 is 0 Å². The summed E-state index contributed by atoms with van der Waals surface area (Å²) in [6, 6.07) is 14.6. The molecule has 0 unspecified atom stereocenters. The van der Waals surface area contributed by atoms with Gasteiger partial charge in [-0.15, -0.1) is 0 Å². The number of hydrogen-bond acceptors (Lipinski definition) is 3. The first-order valence-corrected chi connectivity index (χ1v) is 9.36. The van der Waals surface area contributed by atoms with Crippen molar-refractivity contribution in [3.63, 3.8) is 0 Å². The lowest BCUT2D eigenvalue weighted by atomic mass is 10.0. The highest BCUT2D eigenvalue weighted by Gasteiger charge is 2.17. The minimum Gasteiger partial charge on any atom is -0.326 e. The molecule has 0 bridgehead atoms. The number of amides is 1. The molecule has 2 rings (SSSR count). The zero-order valence-corrected chi connectivity index (χ0v) is 14.9. The molecule has 0 saturated heterocycles. The van der Waals surface area contributed by atoms with Crippen molar-refractivity contribution < 1.29 is 13.2 Å². The number of aryl methyl sites for hydroxylation is 1. The molecule has 0 aromatic heterocycles. The fourth-order valence-electron chi connectivity index (χ4n) is 2.44. The van der Waals surface area contributed by atoms with Crippen LogP contribution in [0.2, 0.25) is 0 Å². The standard InChI is InChI=1S/C18H22N2O3S/c1-13-9-10-17(11-18(13)19-15(3)21)20-24(22,23)12-14(2)16-7-5-4-6-8-16/h4-11,14,20H,12H2,1-3H3,(H,19,21)/t14-/m0/s1. The maximum Gasteiger partial charge on any atom is 0.233 e. The van der Waals surface area contributed by atoms with Crippen molar-refractivity contribution in [2.45, 2.75) is 26.7 Å². The van der Waals surface area contributed by atoms with E-state index in [-0.39, 0.29) is 17.6 Å². The van der Waals surface area contributed by atoms with Crippen LogP contribution in [0, 0.1) is 6.92 Å². The van der Waals surface area contributed by atoms with Gasteiger partial charge in [0.25, 0.3) is 0 Å². The number of benzene rings is 2. The Labute approximate surface area is 143 Å². The Kier molecular flexibility index (Phi) is 5.62. The van der Waals surface area contributed by atoms with Crippen LogP contribution in [0.5, 0.6) is 0 Å². The molecule has 0 radical (unpaired) electrons. The summed E-state index contributed by atoms with van der Waals surface area (Å²) in [6.45, 7) is 5.14. The molecule has 1 atom stereocenters. The fourth-order valence-corrected chi connectivity index (χ4v) is 3.86. The Balaban J connectivity index is 2.13. The lowest BCUT2D eigenvalue weighted by Gasteiger charge is -2.15. The van der Waals surface area contributed by atoms with E-state index in [1.165, 1.54) is 6.92 Å². The molecule has 0 heterocycles. The first-order chi connectivity index (χ1) is 11.3. The summed E-state index contributed by atoms with van der Waals surface area (Å²) in [5.74, 6) is -0.333. The van der Waals surface area contributed by atoms with Crippen LogP contribution in [0.4, 0.5) is 11.4 Å². The molecule has 0 saturated carbocycles. The maximum absolute atomic E-state index is 12.4. The van der Waals surface area contributed by atoms with Crippen molar-refractivity contribution in [1.29, 1.82) is 0 Å². The number of carbonyl (C=O) groups excluding carboxylic acids is 1. The van der Waals surface area contributed by atoms with Crippen molar-refractivity contribution in [2.24, 2.45) is 0 Å². The van der Waals surface area contributed by atoms with Crippen LogP contribution in [0.25, 0.3) is 0 Å². The number of sulfonamides is 1. The average molecular weight is 346 g/mol. The zero-order valence-electron chi connectivity index (χ0n) is 14.0. The van der Waals surface area contributed by atoms with Gasteiger partial charge in [-0.3, -0.25) is 9.52 Å². The Hall–Kier alpha value is -2.34. The molecule has 24 heavy (non-hydrogen) atoms. The lowest BCUT2D eigenvalue weighted by Crippen LogP contribution is -2.20. The summed E-state index contributed by atoms with van der Waals surface area (Å²) in [5.41, 5.74) is 2.87. The van der Waals surface area contributed by atoms with Crippen LogP contribution in [0.15, 0.2) is 48.5 Å². The molecule has 1 amide bonds. The monoisotopic (exact) mass is 346 g/mol.